The van der Waals surface area contributed by atoms with Gasteiger partial charge in [0.05, 0.1) is 10.9 Å². The number of piperazine rings is 1. The van der Waals surface area contributed by atoms with Gasteiger partial charge in [0.1, 0.15) is 0 Å². The van der Waals surface area contributed by atoms with Crippen LogP contribution in [-0.4, -0.2) is 55.9 Å². The van der Waals surface area contributed by atoms with Crippen LogP contribution in [-0.2, 0) is 16.6 Å². The molecule has 1 atom stereocenters. The van der Waals surface area contributed by atoms with Crippen molar-refractivity contribution in [1.29, 1.82) is 0 Å². The second-order valence-corrected chi connectivity index (χ2v) is 7.19. The quantitative estimate of drug-likeness (QED) is 0.790. The van der Waals surface area contributed by atoms with Crippen LogP contribution in [0.1, 0.15) is 5.56 Å². The Kier molecular flexibility index (Phi) is 3.60. The summed E-state index contributed by atoms with van der Waals surface area (Å²) in [6.07, 6.45) is 0. The number of amides is 2. The summed E-state index contributed by atoms with van der Waals surface area (Å²) in [6, 6.07) is 6.50. The Morgan fingerprint density at radius 3 is 2.90 bits per heavy atom. The van der Waals surface area contributed by atoms with E-state index >= 15 is 0 Å². The highest BCUT2D eigenvalue weighted by Gasteiger charge is 2.39. The predicted molar refractivity (Wildman–Crippen MR) is 77.0 cm³/mol. The number of fused-ring (bicyclic) bond motifs is 1. The maximum atomic E-state index is 12.7. The fourth-order valence-electron chi connectivity index (χ4n) is 2.78. The van der Waals surface area contributed by atoms with Crippen molar-refractivity contribution in [3.63, 3.8) is 0 Å². The molecule has 1 aromatic rings. The standard InChI is InChI=1S/C13H18N4O3S/c14-7-10-2-1-3-12(6-10)21(19,20)16-4-5-17-11(9-16)8-15-13(17)18/h1-3,6,11H,4-5,7-9,14H2,(H,15,18). The van der Waals surface area contributed by atoms with Gasteiger partial charge in [0.15, 0.2) is 0 Å². The zero-order valence-electron chi connectivity index (χ0n) is 11.5. The number of hydrogen-bond donors (Lipinski definition) is 2. The molecular formula is C13H18N4O3S. The van der Waals surface area contributed by atoms with Gasteiger partial charge in [-0.25, -0.2) is 13.2 Å². The second kappa shape index (κ2) is 5.28. The average Bonchev–Trinajstić information content (AvgIpc) is 2.88. The largest absolute Gasteiger partial charge is 0.336 e. The minimum absolute atomic E-state index is 0.0845. The predicted octanol–water partition coefficient (Wildman–Crippen LogP) is -0.457. The van der Waals surface area contributed by atoms with Crippen molar-refractivity contribution in [2.75, 3.05) is 26.2 Å². The van der Waals surface area contributed by atoms with Gasteiger partial charge in [0.2, 0.25) is 10.0 Å². The van der Waals surface area contributed by atoms with E-state index in [1.807, 2.05) is 0 Å². The number of urea groups is 1. The summed E-state index contributed by atoms with van der Waals surface area (Å²) in [7, 11) is -3.54. The number of sulfonamides is 1. The van der Waals surface area contributed by atoms with Crippen LogP contribution in [0.2, 0.25) is 0 Å². The summed E-state index contributed by atoms with van der Waals surface area (Å²) in [5.41, 5.74) is 6.35. The molecule has 0 bridgehead atoms. The van der Waals surface area contributed by atoms with Crippen molar-refractivity contribution >= 4 is 16.1 Å². The first kappa shape index (κ1) is 14.3. The van der Waals surface area contributed by atoms with E-state index in [2.05, 4.69) is 5.32 Å². The molecule has 21 heavy (non-hydrogen) atoms. The van der Waals surface area contributed by atoms with E-state index in [0.717, 1.165) is 5.56 Å². The first-order valence-electron chi connectivity index (χ1n) is 6.86. The van der Waals surface area contributed by atoms with Crippen molar-refractivity contribution < 1.29 is 13.2 Å². The maximum Gasteiger partial charge on any atom is 0.317 e. The molecular weight excluding hydrogens is 292 g/mol. The first-order valence-corrected chi connectivity index (χ1v) is 8.30. The van der Waals surface area contributed by atoms with Gasteiger partial charge in [0, 0.05) is 32.7 Å². The number of carbonyl (C=O) groups excluding carboxylic acids is 1. The van der Waals surface area contributed by atoms with Crippen LogP contribution < -0.4 is 11.1 Å². The molecule has 0 aromatic heterocycles. The molecule has 1 aromatic carbocycles. The zero-order valence-corrected chi connectivity index (χ0v) is 12.3. The van der Waals surface area contributed by atoms with Crippen LogP contribution in [0.5, 0.6) is 0 Å². The molecule has 2 fully saturated rings. The number of nitrogens with two attached hydrogens (primary N) is 1. The summed E-state index contributed by atoms with van der Waals surface area (Å²) in [4.78, 5) is 13.5. The highest BCUT2D eigenvalue weighted by molar-refractivity contribution is 7.89. The first-order chi connectivity index (χ1) is 10.0. The molecule has 0 radical (unpaired) electrons. The van der Waals surface area contributed by atoms with E-state index in [4.69, 9.17) is 5.73 Å². The van der Waals surface area contributed by atoms with E-state index in [0.29, 0.717) is 32.7 Å². The van der Waals surface area contributed by atoms with Crippen molar-refractivity contribution in [3.8, 4) is 0 Å². The van der Waals surface area contributed by atoms with E-state index in [9.17, 15) is 13.2 Å². The number of carbonyl (C=O) groups is 1. The topological polar surface area (TPSA) is 95.7 Å². The normalized spacial score (nSPS) is 23.0. The lowest BCUT2D eigenvalue weighted by Crippen LogP contribution is -2.53. The second-order valence-electron chi connectivity index (χ2n) is 5.25. The number of hydrogen-bond acceptors (Lipinski definition) is 4. The van der Waals surface area contributed by atoms with E-state index in [1.54, 1.807) is 29.2 Å². The molecule has 0 spiro atoms. The number of benzene rings is 1. The number of nitrogens with one attached hydrogen (secondary N) is 1. The Balaban J connectivity index is 1.84. The SMILES string of the molecule is NCc1cccc(S(=O)(=O)N2CCN3C(=O)NCC3C2)c1. The Bertz CT molecular complexity index is 661. The van der Waals surface area contributed by atoms with Crippen LogP contribution in [0.3, 0.4) is 0 Å². The molecule has 1 unspecified atom stereocenters. The summed E-state index contributed by atoms with van der Waals surface area (Å²) < 4.78 is 26.8. The smallest absolute Gasteiger partial charge is 0.317 e. The Morgan fingerprint density at radius 2 is 2.14 bits per heavy atom. The Hall–Kier alpha value is -1.64. The summed E-state index contributed by atoms with van der Waals surface area (Å²) in [5.74, 6) is 0. The lowest BCUT2D eigenvalue weighted by molar-refractivity contribution is 0.164. The van der Waals surface area contributed by atoms with Crippen molar-refractivity contribution in [3.05, 3.63) is 29.8 Å². The Morgan fingerprint density at radius 1 is 1.33 bits per heavy atom. The fraction of sp³-hybridized carbons (Fsp3) is 0.462. The van der Waals surface area contributed by atoms with Crippen LogP contribution in [0, 0.1) is 0 Å². The van der Waals surface area contributed by atoms with Crippen molar-refractivity contribution in [2.45, 2.75) is 17.5 Å². The molecule has 2 amide bonds. The molecule has 2 aliphatic rings. The minimum atomic E-state index is -3.54. The number of nitrogens with zero attached hydrogens (tertiary/aromatic N) is 2. The molecule has 3 rings (SSSR count). The zero-order chi connectivity index (χ0) is 15.0. The van der Waals surface area contributed by atoms with Crippen LogP contribution in [0.15, 0.2) is 29.2 Å². The third-order valence-corrected chi connectivity index (χ3v) is 5.83. The molecule has 7 nitrogen and oxygen atoms in total. The summed E-state index contributed by atoms with van der Waals surface area (Å²) in [6.45, 7) is 1.87. The lowest BCUT2D eigenvalue weighted by atomic mass is 10.2. The van der Waals surface area contributed by atoms with E-state index in [1.165, 1.54) is 4.31 Å². The fourth-order valence-corrected chi connectivity index (χ4v) is 4.32. The van der Waals surface area contributed by atoms with Gasteiger partial charge in [0.25, 0.3) is 0 Å². The minimum Gasteiger partial charge on any atom is -0.336 e. The Labute approximate surface area is 123 Å². The highest BCUT2D eigenvalue weighted by atomic mass is 32.2. The van der Waals surface area contributed by atoms with Gasteiger partial charge in [-0.3, -0.25) is 0 Å². The number of rotatable bonds is 3. The van der Waals surface area contributed by atoms with Crippen LogP contribution in [0.4, 0.5) is 4.79 Å². The maximum absolute atomic E-state index is 12.7. The molecule has 0 saturated carbocycles. The molecule has 0 aliphatic carbocycles. The molecule has 2 aliphatic heterocycles. The van der Waals surface area contributed by atoms with Crippen LogP contribution in [0.25, 0.3) is 0 Å². The average molecular weight is 310 g/mol. The van der Waals surface area contributed by atoms with Gasteiger partial charge in [-0.15, -0.1) is 0 Å². The molecule has 2 saturated heterocycles. The van der Waals surface area contributed by atoms with E-state index < -0.39 is 10.0 Å². The highest BCUT2D eigenvalue weighted by Crippen LogP contribution is 2.22. The molecule has 2 heterocycles. The third-order valence-electron chi connectivity index (χ3n) is 3.97. The van der Waals surface area contributed by atoms with Crippen molar-refractivity contribution in [1.82, 2.24) is 14.5 Å². The van der Waals surface area contributed by atoms with Gasteiger partial charge >= 0.3 is 6.03 Å². The summed E-state index contributed by atoms with van der Waals surface area (Å²) in [5, 5.41) is 2.74. The van der Waals surface area contributed by atoms with E-state index in [-0.39, 0.29) is 17.0 Å². The molecule has 8 heteroatoms. The molecule has 114 valence electrons. The molecule has 3 N–H and O–H groups in total. The van der Waals surface area contributed by atoms with Gasteiger partial charge in [-0.05, 0) is 17.7 Å². The van der Waals surface area contributed by atoms with Gasteiger partial charge < -0.3 is 16.0 Å². The van der Waals surface area contributed by atoms with Gasteiger partial charge in [-0.1, -0.05) is 12.1 Å². The lowest BCUT2D eigenvalue weighted by Gasteiger charge is -2.35. The van der Waals surface area contributed by atoms with Crippen LogP contribution >= 0.6 is 0 Å². The monoisotopic (exact) mass is 310 g/mol. The van der Waals surface area contributed by atoms with Gasteiger partial charge in [-0.2, -0.15) is 4.31 Å². The third kappa shape index (κ3) is 2.50. The summed E-state index contributed by atoms with van der Waals surface area (Å²) >= 11 is 0. The van der Waals surface area contributed by atoms with Crippen molar-refractivity contribution in [2.24, 2.45) is 5.73 Å².